The maximum Gasteiger partial charge on any atom is 0.142 e. The summed E-state index contributed by atoms with van der Waals surface area (Å²) in [5, 5.41) is 9.13. The van der Waals surface area contributed by atoms with E-state index in [-0.39, 0.29) is 0 Å². The van der Waals surface area contributed by atoms with Gasteiger partial charge in [-0.2, -0.15) is 0 Å². The van der Waals surface area contributed by atoms with Gasteiger partial charge < -0.3 is 5.11 Å². The summed E-state index contributed by atoms with van der Waals surface area (Å²) in [6.45, 7) is 5.24. The minimum Gasteiger partial charge on any atom is -0.387 e. The Balaban J connectivity index is 3.04. The number of nitrogens with zero attached hydrogens (tertiary/aromatic N) is 2. The number of aliphatic hydroxyl groups is 1. The largest absolute Gasteiger partial charge is 0.387 e. The smallest absolute Gasteiger partial charge is 0.142 e. The van der Waals surface area contributed by atoms with Crippen LogP contribution in [0.5, 0.6) is 0 Å². The average molecular weight is 217 g/mol. The fraction of sp³-hybridized carbons (Fsp3) is 0.286. The van der Waals surface area contributed by atoms with E-state index in [2.05, 4.69) is 27.7 Å². The Bertz CT molecular complexity index is 267. The van der Waals surface area contributed by atoms with Crippen LogP contribution in [0.3, 0.4) is 0 Å². The topological polar surface area (TPSA) is 38.1 Å². The first-order valence-corrected chi connectivity index (χ1v) is 3.92. The molecule has 3 nitrogen and oxygen atoms in total. The van der Waals surface area contributed by atoms with Crippen molar-refractivity contribution in [2.75, 3.05) is 0 Å². The lowest BCUT2D eigenvalue weighted by Gasteiger charge is -1.94. The standard InChI is InChI=1S/C7H9BrN2O/c1-3-7-9-6(5(2)11)4-10(7)8/h3-5,11H,1H2,2H3. The molecule has 1 rings (SSSR count). The zero-order chi connectivity index (χ0) is 8.43. The van der Waals surface area contributed by atoms with Crippen LogP contribution >= 0.6 is 16.1 Å². The third-order valence-corrected chi connectivity index (χ3v) is 1.89. The Morgan fingerprint density at radius 3 is 2.82 bits per heavy atom. The molecule has 0 amide bonds. The maximum absolute atomic E-state index is 9.13. The monoisotopic (exact) mass is 216 g/mol. The van der Waals surface area contributed by atoms with Gasteiger partial charge in [-0.1, -0.05) is 6.58 Å². The molecule has 0 aromatic carbocycles. The van der Waals surface area contributed by atoms with E-state index in [9.17, 15) is 0 Å². The molecule has 1 aromatic rings. The van der Waals surface area contributed by atoms with Crippen LogP contribution in [-0.4, -0.2) is 13.7 Å². The maximum atomic E-state index is 9.13. The van der Waals surface area contributed by atoms with E-state index in [1.165, 1.54) is 0 Å². The molecule has 0 aliphatic rings. The Morgan fingerprint density at radius 1 is 1.91 bits per heavy atom. The van der Waals surface area contributed by atoms with Crippen LogP contribution in [0.15, 0.2) is 12.8 Å². The van der Waals surface area contributed by atoms with E-state index < -0.39 is 6.10 Å². The third-order valence-electron chi connectivity index (χ3n) is 1.32. The van der Waals surface area contributed by atoms with Crippen molar-refractivity contribution in [1.29, 1.82) is 0 Å². The van der Waals surface area contributed by atoms with Gasteiger partial charge in [-0.25, -0.2) is 4.98 Å². The van der Waals surface area contributed by atoms with Crippen LogP contribution in [0.2, 0.25) is 0 Å². The molecule has 4 heteroatoms. The average Bonchev–Trinajstić information content (AvgIpc) is 2.31. The van der Waals surface area contributed by atoms with Gasteiger partial charge in [-0.15, -0.1) is 0 Å². The quantitative estimate of drug-likeness (QED) is 0.819. The number of hydrogen-bond donors (Lipinski definition) is 1. The molecular weight excluding hydrogens is 208 g/mol. The molecule has 1 unspecified atom stereocenters. The van der Waals surface area contributed by atoms with E-state index in [0.29, 0.717) is 11.5 Å². The Kier molecular flexibility index (Phi) is 2.46. The van der Waals surface area contributed by atoms with E-state index >= 15 is 0 Å². The Labute approximate surface area is 73.7 Å². The van der Waals surface area contributed by atoms with Crippen LogP contribution < -0.4 is 0 Å². The highest BCUT2D eigenvalue weighted by molar-refractivity contribution is 9.08. The predicted molar refractivity (Wildman–Crippen MR) is 47.3 cm³/mol. The van der Waals surface area contributed by atoms with Crippen molar-refractivity contribution in [1.82, 2.24) is 8.58 Å². The normalized spacial score (nSPS) is 13.0. The molecule has 0 aliphatic carbocycles. The van der Waals surface area contributed by atoms with Crippen LogP contribution in [0.4, 0.5) is 0 Å². The molecule has 0 radical (unpaired) electrons. The highest BCUT2D eigenvalue weighted by Crippen LogP contribution is 2.14. The molecular formula is C7H9BrN2O. The first-order chi connectivity index (χ1) is 5.15. The van der Waals surface area contributed by atoms with E-state index in [1.54, 1.807) is 22.8 Å². The minimum absolute atomic E-state index is 0.535. The second-order valence-corrected chi connectivity index (χ2v) is 2.98. The zero-order valence-electron chi connectivity index (χ0n) is 6.16. The van der Waals surface area contributed by atoms with Gasteiger partial charge in [0, 0.05) is 6.20 Å². The van der Waals surface area contributed by atoms with Gasteiger partial charge in [-0.05, 0) is 13.0 Å². The number of imidazole rings is 1. The first kappa shape index (κ1) is 8.49. The van der Waals surface area contributed by atoms with Crippen molar-refractivity contribution in [3.05, 3.63) is 24.3 Å². The van der Waals surface area contributed by atoms with Gasteiger partial charge in [0.2, 0.25) is 0 Å². The highest BCUT2D eigenvalue weighted by atomic mass is 79.9. The Morgan fingerprint density at radius 2 is 2.55 bits per heavy atom. The van der Waals surface area contributed by atoms with Crippen LogP contribution in [-0.2, 0) is 0 Å². The SMILES string of the molecule is C=Cc1nc(C(C)O)cn1Br. The van der Waals surface area contributed by atoms with Gasteiger partial charge in [0.05, 0.1) is 27.9 Å². The number of aliphatic hydroxyl groups excluding tert-OH is 1. The fourth-order valence-corrected chi connectivity index (χ4v) is 1.16. The molecule has 11 heavy (non-hydrogen) atoms. The van der Waals surface area contributed by atoms with Gasteiger partial charge in [0.25, 0.3) is 0 Å². The summed E-state index contributed by atoms with van der Waals surface area (Å²) < 4.78 is 1.64. The van der Waals surface area contributed by atoms with Crippen LogP contribution in [0, 0.1) is 0 Å². The molecule has 0 fully saturated rings. The summed E-state index contributed by atoms with van der Waals surface area (Å²) >= 11 is 3.22. The van der Waals surface area contributed by atoms with Crippen molar-refractivity contribution in [2.45, 2.75) is 13.0 Å². The predicted octanol–water partition coefficient (Wildman–Crippen LogP) is 1.74. The number of aromatic nitrogens is 2. The lowest BCUT2D eigenvalue weighted by molar-refractivity contribution is 0.195. The Hall–Kier alpha value is -0.610. The molecule has 0 aliphatic heterocycles. The van der Waals surface area contributed by atoms with E-state index in [1.807, 2.05) is 0 Å². The molecule has 0 saturated heterocycles. The molecule has 1 heterocycles. The molecule has 1 atom stereocenters. The number of hydrogen-bond acceptors (Lipinski definition) is 2. The number of rotatable bonds is 2. The summed E-state index contributed by atoms with van der Waals surface area (Å²) in [5.41, 5.74) is 0.636. The minimum atomic E-state index is -0.535. The number of halogens is 1. The summed E-state index contributed by atoms with van der Waals surface area (Å²) in [4.78, 5) is 4.08. The van der Waals surface area contributed by atoms with Gasteiger partial charge in [-0.3, -0.25) is 3.59 Å². The summed E-state index contributed by atoms with van der Waals surface area (Å²) in [6.07, 6.45) is 2.79. The summed E-state index contributed by atoms with van der Waals surface area (Å²) in [5.74, 6) is 0.695. The van der Waals surface area contributed by atoms with Gasteiger partial charge in [0.1, 0.15) is 5.82 Å². The highest BCUT2D eigenvalue weighted by Gasteiger charge is 2.06. The molecule has 1 aromatic heterocycles. The van der Waals surface area contributed by atoms with Crippen LogP contribution in [0.1, 0.15) is 24.5 Å². The first-order valence-electron chi connectivity index (χ1n) is 3.21. The third kappa shape index (κ3) is 1.70. The van der Waals surface area contributed by atoms with Crippen LogP contribution in [0.25, 0.3) is 6.08 Å². The molecule has 0 bridgehead atoms. The van der Waals surface area contributed by atoms with Crippen molar-refractivity contribution in [3.8, 4) is 0 Å². The molecule has 0 saturated carbocycles. The van der Waals surface area contributed by atoms with E-state index in [4.69, 9.17) is 5.11 Å². The second kappa shape index (κ2) is 3.19. The van der Waals surface area contributed by atoms with Crippen molar-refractivity contribution in [2.24, 2.45) is 0 Å². The van der Waals surface area contributed by atoms with Crippen molar-refractivity contribution >= 4 is 22.2 Å². The van der Waals surface area contributed by atoms with Crippen molar-refractivity contribution < 1.29 is 5.11 Å². The van der Waals surface area contributed by atoms with Gasteiger partial charge in [0.15, 0.2) is 0 Å². The van der Waals surface area contributed by atoms with Gasteiger partial charge >= 0.3 is 0 Å². The molecule has 1 N–H and O–H groups in total. The second-order valence-electron chi connectivity index (χ2n) is 2.22. The lowest BCUT2D eigenvalue weighted by Crippen LogP contribution is -1.89. The van der Waals surface area contributed by atoms with E-state index in [0.717, 1.165) is 0 Å². The zero-order valence-corrected chi connectivity index (χ0v) is 7.74. The lowest BCUT2D eigenvalue weighted by atomic mass is 10.3. The van der Waals surface area contributed by atoms with Crippen molar-refractivity contribution in [3.63, 3.8) is 0 Å². The molecule has 0 spiro atoms. The summed E-state index contributed by atoms with van der Waals surface area (Å²) in [7, 11) is 0. The fourth-order valence-electron chi connectivity index (χ4n) is 0.725. The molecule has 60 valence electrons. The summed E-state index contributed by atoms with van der Waals surface area (Å²) in [6, 6.07) is 0.